The molecular weight excluding hydrogens is 232 g/mol. The van der Waals surface area contributed by atoms with Crippen molar-refractivity contribution in [2.75, 3.05) is 0 Å². The van der Waals surface area contributed by atoms with Crippen molar-refractivity contribution in [2.45, 2.75) is 58.0 Å². The monoisotopic (exact) mass is 254 g/mol. The van der Waals surface area contributed by atoms with E-state index < -0.39 is 0 Å². The van der Waals surface area contributed by atoms with E-state index >= 15 is 0 Å². The molecule has 2 N–H and O–H groups in total. The molecule has 2 aromatic rings. The Bertz CT molecular complexity index is 634. The van der Waals surface area contributed by atoms with Gasteiger partial charge < -0.3 is 10.3 Å². The number of H-pyrrole nitrogens is 1. The molecule has 19 heavy (non-hydrogen) atoms. The van der Waals surface area contributed by atoms with E-state index in [1.807, 2.05) is 0 Å². The van der Waals surface area contributed by atoms with Crippen LogP contribution in [0.15, 0.2) is 12.1 Å². The zero-order chi connectivity index (χ0) is 13.0. The summed E-state index contributed by atoms with van der Waals surface area (Å²) in [5, 5.41) is 5.29. The highest BCUT2D eigenvalue weighted by Crippen LogP contribution is 2.33. The van der Waals surface area contributed by atoms with Crippen molar-refractivity contribution in [3.8, 4) is 0 Å². The minimum Gasteiger partial charge on any atom is -0.358 e. The van der Waals surface area contributed by atoms with E-state index in [-0.39, 0.29) is 0 Å². The summed E-state index contributed by atoms with van der Waals surface area (Å²) in [4.78, 5) is 3.66. The highest BCUT2D eigenvalue weighted by Gasteiger charge is 2.28. The van der Waals surface area contributed by atoms with Crippen molar-refractivity contribution < 1.29 is 0 Å². The fourth-order valence-corrected chi connectivity index (χ4v) is 3.69. The highest BCUT2D eigenvalue weighted by atomic mass is 15.0. The van der Waals surface area contributed by atoms with Crippen LogP contribution in [0.5, 0.6) is 0 Å². The summed E-state index contributed by atoms with van der Waals surface area (Å²) in [7, 11) is 0. The van der Waals surface area contributed by atoms with Crippen LogP contribution in [0.2, 0.25) is 0 Å². The maximum atomic E-state index is 3.81. The topological polar surface area (TPSA) is 27.8 Å². The van der Waals surface area contributed by atoms with Gasteiger partial charge in [-0.25, -0.2) is 0 Å². The summed E-state index contributed by atoms with van der Waals surface area (Å²) in [5.41, 5.74) is 7.19. The number of fused-ring (bicyclic) bond motifs is 3. The van der Waals surface area contributed by atoms with Crippen molar-refractivity contribution in [3.05, 3.63) is 34.5 Å². The molecule has 0 aliphatic heterocycles. The van der Waals surface area contributed by atoms with E-state index in [1.165, 1.54) is 59.8 Å². The quantitative estimate of drug-likeness (QED) is 0.844. The van der Waals surface area contributed by atoms with Crippen molar-refractivity contribution >= 4 is 10.9 Å². The molecule has 1 heterocycles. The Morgan fingerprint density at radius 1 is 1.11 bits per heavy atom. The van der Waals surface area contributed by atoms with Gasteiger partial charge in [-0.05, 0) is 68.7 Å². The van der Waals surface area contributed by atoms with Gasteiger partial charge in [0, 0.05) is 28.7 Å². The van der Waals surface area contributed by atoms with Crippen LogP contribution in [0.1, 0.15) is 41.6 Å². The van der Waals surface area contributed by atoms with Gasteiger partial charge in [-0.15, -0.1) is 0 Å². The van der Waals surface area contributed by atoms with E-state index in [0.29, 0.717) is 6.04 Å². The molecule has 1 unspecified atom stereocenters. The molecule has 1 aromatic carbocycles. The zero-order valence-corrected chi connectivity index (χ0v) is 11.8. The van der Waals surface area contributed by atoms with Crippen molar-refractivity contribution in [2.24, 2.45) is 0 Å². The smallest absolute Gasteiger partial charge is 0.0464 e. The van der Waals surface area contributed by atoms with E-state index in [4.69, 9.17) is 0 Å². The van der Waals surface area contributed by atoms with Crippen LogP contribution in [-0.2, 0) is 12.8 Å². The van der Waals surface area contributed by atoms with Crippen LogP contribution in [0, 0.1) is 13.8 Å². The van der Waals surface area contributed by atoms with Gasteiger partial charge in [-0.3, -0.25) is 0 Å². The second kappa shape index (κ2) is 4.11. The second-order valence-electron chi connectivity index (χ2n) is 6.47. The lowest BCUT2D eigenvalue weighted by atomic mass is 9.90. The Balaban J connectivity index is 1.75. The molecule has 2 nitrogen and oxygen atoms in total. The van der Waals surface area contributed by atoms with Crippen LogP contribution in [0.25, 0.3) is 10.9 Å². The maximum absolute atomic E-state index is 3.81. The second-order valence-corrected chi connectivity index (χ2v) is 6.47. The third-order valence-electron chi connectivity index (χ3n) is 4.67. The molecule has 1 saturated carbocycles. The van der Waals surface area contributed by atoms with Gasteiger partial charge in [-0.1, -0.05) is 6.07 Å². The van der Waals surface area contributed by atoms with Gasteiger partial charge in [0.05, 0.1) is 0 Å². The fraction of sp³-hybridized carbons (Fsp3) is 0.529. The Morgan fingerprint density at radius 3 is 2.74 bits per heavy atom. The third-order valence-corrected chi connectivity index (χ3v) is 4.67. The Labute approximate surface area is 114 Å². The summed E-state index contributed by atoms with van der Waals surface area (Å²) >= 11 is 0. The van der Waals surface area contributed by atoms with Crippen molar-refractivity contribution in [1.29, 1.82) is 0 Å². The minimum atomic E-state index is 0.694. The average molecular weight is 254 g/mol. The SMILES string of the molecule is Cc1cc(C)c2c3c([nH]c2c1)CCC(NC1CC1)C3. The normalized spacial score (nSPS) is 22.7. The largest absolute Gasteiger partial charge is 0.358 e. The van der Waals surface area contributed by atoms with E-state index in [9.17, 15) is 0 Å². The summed E-state index contributed by atoms with van der Waals surface area (Å²) < 4.78 is 0. The number of rotatable bonds is 2. The van der Waals surface area contributed by atoms with E-state index in [2.05, 4.69) is 36.3 Å². The van der Waals surface area contributed by atoms with Gasteiger partial charge in [-0.2, -0.15) is 0 Å². The minimum absolute atomic E-state index is 0.694. The Kier molecular flexibility index (Phi) is 2.49. The first-order valence-electron chi connectivity index (χ1n) is 7.57. The van der Waals surface area contributed by atoms with Crippen LogP contribution >= 0.6 is 0 Å². The number of hydrogen-bond acceptors (Lipinski definition) is 1. The number of benzene rings is 1. The maximum Gasteiger partial charge on any atom is 0.0464 e. The Hall–Kier alpha value is -1.28. The van der Waals surface area contributed by atoms with Gasteiger partial charge in [0.25, 0.3) is 0 Å². The first kappa shape index (κ1) is 11.5. The molecule has 2 aliphatic carbocycles. The highest BCUT2D eigenvalue weighted by molar-refractivity contribution is 5.88. The molecule has 0 spiro atoms. The number of aromatic amines is 1. The van der Waals surface area contributed by atoms with Crippen LogP contribution in [-0.4, -0.2) is 17.1 Å². The summed E-state index contributed by atoms with van der Waals surface area (Å²) in [6.07, 6.45) is 6.46. The number of aromatic nitrogens is 1. The molecule has 100 valence electrons. The van der Waals surface area contributed by atoms with Crippen LogP contribution < -0.4 is 5.32 Å². The lowest BCUT2D eigenvalue weighted by molar-refractivity contribution is 0.455. The molecule has 0 radical (unpaired) electrons. The molecule has 1 fully saturated rings. The number of nitrogens with one attached hydrogen (secondary N) is 2. The summed E-state index contributed by atoms with van der Waals surface area (Å²) in [6, 6.07) is 6.12. The molecule has 1 aromatic heterocycles. The van der Waals surface area contributed by atoms with Gasteiger partial charge in [0.1, 0.15) is 0 Å². The van der Waals surface area contributed by atoms with E-state index in [1.54, 1.807) is 5.56 Å². The van der Waals surface area contributed by atoms with Crippen molar-refractivity contribution in [1.82, 2.24) is 10.3 Å². The first-order chi connectivity index (χ1) is 9.20. The van der Waals surface area contributed by atoms with Gasteiger partial charge in [0.2, 0.25) is 0 Å². The molecule has 2 aliphatic rings. The molecule has 2 heteroatoms. The lowest BCUT2D eigenvalue weighted by Gasteiger charge is -2.24. The van der Waals surface area contributed by atoms with Gasteiger partial charge in [0.15, 0.2) is 0 Å². The molecule has 0 saturated heterocycles. The average Bonchev–Trinajstić information content (AvgIpc) is 3.08. The molecule has 0 bridgehead atoms. The lowest BCUT2D eigenvalue weighted by Crippen LogP contribution is -2.35. The molecule has 0 amide bonds. The summed E-state index contributed by atoms with van der Waals surface area (Å²) in [5.74, 6) is 0. The predicted octanol–water partition coefficient (Wildman–Crippen LogP) is 3.39. The molecule has 1 atom stereocenters. The van der Waals surface area contributed by atoms with Crippen molar-refractivity contribution in [3.63, 3.8) is 0 Å². The first-order valence-corrected chi connectivity index (χ1v) is 7.57. The predicted molar refractivity (Wildman–Crippen MR) is 79.7 cm³/mol. The van der Waals surface area contributed by atoms with Gasteiger partial charge >= 0.3 is 0 Å². The van der Waals surface area contributed by atoms with E-state index in [0.717, 1.165) is 6.04 Å². The zero-order valence-electron chi connectivity index (χ0n) is 11.8. The fourth-order valence-electron chi connectivity index (χ4n) is 3.69. The standard InChI is InChI=1S/C17H22N2/c1-10-7-11(2)17-14-9-13(18-12-3-4-12)5-6-15(14)19-16(17)8-10/h7-8,12-13,18-19H,3-6,9H2,1-2H3. The van der Waals surface area contributed by atoms with Crippen LogP contribution in [0.4, 0.5) is 0 Å². The number of hydrogen-bond donors (Lipinski definition) is 2. The molecular formula is C17H22N2. The summed E-state index contributed by atoms with van der Waals surface area (Å²) in [6.45, 7) is 4.44. The third kappa shape index (κ3) is 1.99. The number of aryl methyl sites for hydroxylation is 3. The molecule has 4 rings (SSSR count). The Morgan fingerprint density at radius 2 is 1.95 bits per heavy atom. The van der Waals surface area contributed by atoms with Crippen LogP contribution in [0.3, 0.4) is 0 Å².